The normalized spacial score (nSPS) is 15.4. The van der Waals surface area contributed by atoms with Gasteiger partial charge in [-0.05, 0) is 43.7 Å². The highest BCUT2D eigenvalue weighted by molar-refractivity contribution is 6.00. The number of hydrogen-bond donors (Lipinski definition) is 5. The molecule has 0 bridgehead atoms. The zero-order valence-electron chi connectivity index (χ0n) is 15.3. The Kier molecular flexibility index (Phi) is 6.15. The van der Waals surface area contributed by atoms with Crippen LogP contribution in [0, 0.1) is 0 Å². The second-order valence-electron chi connectivity index (χ2n) is 6.29. The molecular formula is C19H19N5O5. The van der Waals surface area contributed by atoms with Crippen LogP contribution in [0.4, 0.5) is 5.82 Å². The van der Waals surface area contributed by atoms with Gasteiger partial charge in [-0.1, -0.05) is 6.07 Å². The number of rotatable bonds is 4. The number of benzene rings is 1. The van der Waals surface area contributed by atoms with Crippen LogP contribution in [0.2, 0.25) is 0 Å². The molecule has 0 spiro atoms. The number of aromatic nitrogens is 3. The first-order valence-corrected chi connectivity index (χ1v) is 8.84. The number of aromatic carboxylic acids is 2. The minimum absolute atomic E-state index is 0.0186. The highest BCUT2D eigenvalue weighted by Gasteiger charge is 2.22. The Morgan fingerprint density at radius 3 is 2.41 bits per heavy atom. The number of carboxylic acid groups (broad SMARTS) is 2. The summed E-state index contributed by atoms with van der Waals surface area (Å²) < 4.78 is 0. The van der Waals surface area contributed by atoms with E-state index in [0.717, 1.165) is 36.5 Å². The number of H-pyrrole nitrogens is 1. The Labute approximate surface area is 165 Å². The maximum Gasteiger partial charge on any atom is 0.335 e. The lowest BCUT2D eigenvalue weighted by Gasteiger charge is -2.10. The lowest BCUT2D eigenvalue weighted by Crippen LogP contribution is -2.35. The van der Waals surface area contributed by atoms with Crippen LogP contribution in [-0.4, -0.2) is 55.6 Å². The van der Waals surface area contributed by atoms with E-state index in [0.29, 0.717) is 5.82 Å². The van der Waals surface area contributed by atoms with E-state index in [1.54, 1.807) is 6.20 Å². The Morgan fingerprint density at radius 1 is 1.07 bits per heavy atom. The molecule has 3 aromatic rings. The van der Waals surface area contributed by atoms with Gasteiger partial charge in [-0.25, -0.2) is 19.6 Å². The third kappa shape index (κ3) is 4.93. The average molecular weight is 397 g/mol. The highest BCUT2D eigenvalue weighted by Crippen LogP contribution is 2.18. The number of carbonyl (C=O) groups excluding carboxylic acids is 1. The molecule has 1 fully saturated rings. The number of fused-ring (bicyclic) bond motifs is 1. The monoisotopic (exact) mass is 397 g/mol. The second kappa shape index (κ2) is 8.93. The van der Waals surface area contributed by atoms with Crippen molar-refractivity contribution in [1.29, 1.82) is 0 Å². The zero-order valence-corrected chi connectivity index (χ0v) is 15.3. The minimum atomic E-state index is -1.13. The van der Waals surface area contributed by atoms with Crippen molar-refractivity contribution in [1.82, 2.24) is 20.3 Å². The van der Waals surface area contributed by atoms with E-state index in [1.165, 1.54) is 24.5 Å². The van der Waals surface area contributed by atoms with Crippen molar-refractivity contribution >= 4 is 34.7 Å². The van der Waals surface area contributed by atoms with Gasteiger partial charge in [0.05, 0.1) is 22.6 Å². The highest BCUT2D eigenvalue weighted by atomic mass is 16.4. The summed E-state index contributed by atoms with van der Waals surface area (Å²) in [6, 6.07) is 6.95. The maximum absolute atomic E-state index is 11.9. The van der Waals surface area contributed by atoms with Crippen LogP contribution >= 0.6 is 0 Å². The molecule has 1 aliphatic rings. The van der Waals surface area contributed by atoms with E-state index in [1.807, 2.05) is 6.07 Å². The van der Waals surface area contributed by atoms with E-state index < -0.39 is 11.9 Å². The lowest BCUT2D eigenvalue weighted by atomic mass is 10.1. The van der Waals surface area contributed by atoms with Crippen molar-refractivity contribution < 1.29 is 24.6 Å². The molecule has 150 valence electrons. The van der Waals surface area contributed by atoms with Gasteiger partial charge in [-0.15, -0.1) is 0 Å². The number of carboxylic acids is 2. The number of hydrogen-bond acceptors (Lipinski definition) is 6. The fourth-order valence-corrected chi connectivity index (χ4v) is 2.87. The first-order chi connectivity index (χ1) is 14.0. The van der Waals surface area contributed by atoms with E-state index in [9.17, 15) is 14.4 Å². The molecule has 4 rings (SSSR count). The Morgan fingerprint density at radius 2 is 1.79 bits per heavy atom. The van der Waals surface area contributed by atoms with Gasteiger partial charge in [0.15, 0.2) is 0 Å². The number of anilines is 1. The van der Waals surface area contributed by atoms with Crippen LogP contribution in [0.5, 0.6) is 0 Å². The summed E-state index contributed by atoms with van der Waals surface area (Å²) in [4.78, 5) is 43.9. The second-order valence-corrected chi connectivity index (χ2v) is 6.29. The quantitative estimate of drug-likeness (QED) is 0.445. The van der Waals surface area contributed by atoms with Gasteiger partial charge < -0.3 is 25.8 Å². The molecule has 0 radical (unpaired) electrons. The van der Waals surface area contributed by atoms with Crippen molar-refractivity contribution in [3.05, 3.63) is 54.0 Å². The summed E-state index contributed by atoms with van der Waals surface area (Å²) in [7, 11) is 0. The molecule has 10 nitrogen and oxygen atoms in total. The van der Waals surface area contributed by atoms with E-state index >= 15 is 0 Å². The zero-order chi connectivity index (χ0) is 20.8. The minimum Gasteiger partial charge on any atom is -0.478 e. The number of nitrogens with zero attached hydrogens (tertiary/aromatic N) is 2. The SMILES string of the molecule is O=C(Nc1ncnc2[nH]ccc12)C1CCCN1.O=C(O)c1cccc(C(=O)O)c1. The molecule has 1 saturated heterocycles. The van der Waals surface area contributed by atoms with E-state index in [4.69, 9.17) is 10.2 Å². The van der Waals surface area contributed by atoms with Crippen LogP contribution in [0.3, 0.4) is 0 Å². The van der Waals surface area contributed by atoms with Gasteiger partial charge in [-0.3, -0.25) is 4.79 Å². The molecule has 1 atom stereocenters. The van der Waals surface area contributed by atoms with Crippen molar-refractivity contribution in [2.24, 2.45) is 0 Å². The lowest BCUT2D eigenvalue weighted by molar-refractivity contribution is -0.117. The number of carbonyl (C=O) groups is 3. The number of amides is 1. The molecule has 5 N–H and O–H groups in total. The van der Waals surface area contributed by atoms with Crippen LogP contribution in [0.25, 0.3) is 11.0 Å². The third-order valence-electron chi connectivity index (χ3n) is 4.33. The largest absolute Gasteiger partial charge is 0.478 e. The summed E-state index contributed by atoms with van der Waals surface area (Å²) in [5.74, 6) is -1.71. The van der Waals surface area contributed by atoms with Crippen LogP contribution in [0.1, 0.15) is 33.6 Å². The van der Waals surface area contributed by atoms with Crippen molar-refractivity contribution in [3.63, 3.8) is 0 Å². The molecule has 3 heterocycles. The van der Waals surface area contributed by atoms with Gasteiger partial charge >= 0.3 is 11.9 Å². The summed E-state index contributed by atoms with van der Waals surface area (Å²) >= 11 is 0. The van der Waals surface area contributed by atoms with Gasteiger partial charge in [0.25, 0.3) is 0 Å². The molecule has 10 heteroatoms. The Hall–Kier alpha value is -3.79. The van der Waals surface area contributed by atoms with Gasteiger partial charge in [0, 0.05) is 6.20 Å². The standard InChI is InChI=1S/C11H13N5O.C8H6O4/c17-11(8-2-1-4-12-8)16-10-7-3-5-13-9(7)14-6-15-10;9-7(10)5-2-1-3-6(4-5)8(11)12/h3,5-6,8,12H,1-2,4H2,(H2,13,14,15,16,17);1-4H,(H,9,10)(H,11,12). The maximum atomic E-state index is 11.9. The third-order valence-corrected chi connectivity index (χ3v) is 4.33. The van der Waals surface area contributed by atoms with Gasteiger partial charge in [0.1, 0.15) is 17.8 Å². The molecule has 1 aliphatic heterocycles. The van der Waals surface area contributed by atoms with E-state index in [2.05, 4.69) is 25.6 Å². The molecule has 0 aliphatic carbocycles. The van der Waals surface area contributed by atoms with E-state index in [-0.39, 0.29) is 23.1 Å². The summed E-state index contributed by atoms with van der Waals surface area (Å²) in [5, 5.41) is 23.8. The molecule has 2 aromatic heterocycles. The summed E-state index contributed by atoms with van der Waals surface area (Å²) in [6.07, 6.45) is 5.15. The molecule has 1 unspecified atom stereocenters. The fourth-order valence-electron chi connectivity index (χ4n) is 2.87. The van der Waals surface area contributed by atoms with Crippen molar-refractivity contribution in [3.8, 4) is 0 Å². The smallest absolute Gasteiger partial charge is 0.335 e. The molecule has 29 heavy (non-hydrogen) atoms. The fraction of sp³-hybridized carbons (Fsp3) is 0.211. The predicted octanol–water partition coefficient (Wildman–Crippen LogP) is 1.73. The topological polar surface area (TPSA) is 157 Å². The van der Waals surface area contributed by atoms with Crippen LogP contribution < -0.4 is 10.6 Å². The molecule has 1 amide bonds. The number of aromatic amines is 1. The summed E-state index contributed by atoms with van der Waals surface area (Å²) in [5.41, 5.74) is 0.694. The van der Waals surface area contributed by atoms with Gasteiger partial charge in [-0.2, -0.15) is 0 Å². The van der Waals surface area contributed by atoms with Crippen LogP contribution in [-0.2, 0) is 4.79 Å². The Balaban J connectivity index is 0.000000177. The average Bonchev–Trinajstić information content (AvgIpc) is 3.41. The first-order valence-electron chi connectivity index (χ1n) is 8.84. The van der Waals surface area contributed by atoms with Gasteiger partial charge in [0.2, 0.25) is 5.91 Å². The first kappa shape index (κ1) is 20.0. The number of nitrogens with one attached hydrogen (secondary N) is 3. The predicted molar refractivity (Wildman–Crippen MR) is 104 cm³/mol. The Bertz CT molecular complexity index is 1010. The summed E-state index contributed by atoms with van der Waals surface area (Å²) in [6.45, 7) is 0.904. The van der Waals surface area contributed by atoms with Crippen molar-refractivity contribution in [2.75, 3.05) is 11.9 Å². The molecular weight excluding hydrogens is 378 g/mol. The molecule has 1 aromatic carbocycles. The molecule has 0 saturated carbocycles. The van der Waals surface area contributed by atoms with Crippen molar-refractivity contribution in [2.45, 2.75) is 18.9 Å². The van der Waals surface area contributed by atoms with Crippen LogP contribution in [0.15, 0.2) is 42.9 Å².